The van der Waals surface area contributed by atoms with Crippen molar-refractivity contribution in [3.63, 3.8) is 0 Å². The number of para-hydroxylation sites is 1. The zero-order chi connectivity index (χ0) is 25.1. The number of nitrogens with one attached hydrogen (secondary N) is 1. The zero-order valence-corrected chi connectivity index (χ0v) is 20.9. The van der Waals surface area contributed by atoms with Gasteiger partial charge >= 0.3 is 5.97 Å². The van der Waals surface area contributed by atoms with Crippen molar-refractivity contribution >= 4 is 16.7 Å². The molecular weight excluding hydrogens is 450 g/mol. The molecule has 5 heteroatoms. The molecule has 0 unspecified atom stereocenters. The van der Waals surface area contributed by atoms with Gasteiger partial charge in [0.2, 0.25) is 0 Å². The van der Waals surface area contributed by atoms with E-state index in [1.807, 2.05) is 24.3 Å². The number of carbonyl (C=O) groups excluding carboxylic acids is 1. The van der Waals surface area contributed by atoms with E-state index in [9.17, 15) is 4.79 Å². The number of carbonyl (C=O) groups is 1. The lowest BCUT2D eigenvalue weighted by molar-refractivity contribution is 0.0600. The summed E-state index contributed by atoms with van der Waals surface area (Å²) in [7, 11) is 3.02. The molecule has 0 amide bonds. The van der Waals surface area contributed by atoms with Crippen LogP contribution in [0.5, 0.6) is 11.5 Å². The molecule has 4 aromatic rings. The lowest BCUT2D eigenvalue weighted by atomic mass is 9.83. The maximum atomic E-state index is 12.1. The van der Waals surface area contributed by atoms with E-state index >= 15 is 0 Å². The smallest absolute Gasteiger partial charge is 0.337 e. The van der Waals surface area contributed by atoms with Gasteiger partial charge in [-0.1, -0.05) is 66.7 Å². The van der Waals surface area contributed by atoms with Crippen LogP contribution >= 0.6 is 0 Å². The second kappa shape index (κ2) is 10.4. The highest BCUT2D eigenvalue weighted by atomic mass is 16.5. The number of benzene rings is 4. The number of rotatable bonds is 7. The maximum absolute atomic E-state index is 12.1. The van der Waals surface area contributed by atoms with Gasteiger partial charge in [-0.2, -0.15) is 0 Å². The third-order valence-corrected chi connectivity index (χ3v) is 7.06. The van der Waals surface area contributed by atoms with E-state index in [4.69, 9.17) is 14.2 Å². The van der Waals surface area contributed by atoms with Crippen molar-refractivity contribution in [3.8, 4) is 11.5 Å². The minimum atomic E-state index is -0.378. The highest BCUT2D eigenvalue weighted by Gasteiger charge is 2.31. The number of hydrogen-bond acceptors (Lipinski definition) is 5. The van der Waals surface area contributed by atoms with Gasteiger partial charge in [-0.3, -0.25) is 0 Å². The molecule has 0 fully saturated rings. The predicted molar refractivity (Wildman–Crippen MR) is 142 cm³/mol. The maximum Gasteiger partial charge on any atom is 0.337 e. The van der Waals surface area contributed by atoms with E-state index < -0.39 is 0 Å². The molecule has 0 aliphatic carbocycles. The SMILES string of the molecule is COC(=O)c1ccc([C@H]2C[C@H](CN[C@H](C)c3cccc4ccccc34)Oc3ccccc32)c(OC)c1. The Bertz CT molecular complexity index is 1380. The minimum absolute atomic E-state index is 0.0210. The summed E-state index contributed by atoms with van der Waals surface area (Å²) in [5.74, 6) is 1.26. The van der Waals surface area contributed by atoms with Gasteiger partial charge in [0.25, 0.3) is 0 Å². The normalized spacial score (nSPS) is 17.6. The topological polar surface area (TPSA) is 56.8 Å². The van der Waals surface area contributed by atoms with E-state index in [1.165, 1.54) is 23.4 Å². The summed E-state index contributed by atoms with van der Waals surface area (Å²) in [6.45, 7) is 2.91. The van der Waals surface area contributed by atoms with Crippen LogP contribution in [-0.2, 0) is 4.74 Å². The Morgan fingerprint density at radius 2 is 1.75 bits per heavy atom. The lowest BCUT2D eigenvalue weighted by Crippen LogP contribution is -2.37. The van der Waals surface area contributed by atoms with Gasteiger partial charge < -0.3 is 19.5 Å². The van der Waals surface area contributed by atoms with E-state index in [1.54, 1.807) is 19.2 Å². The van der Waals surface area contributed by atoms with Crippen LogP contribution in [0.1, 0.15) is 52.4 Å². The van der Waals surface area contributed by atoms with Crippen LogP contribution in [-0.4, -0.2) is 32.8 Å². The number of fused-ring (bicyclic) bond motifs is 2. The molecule has 0 saturated heterocycles. The van der Waals surface area contributed by atoms with Crippen LogP contribution < -0.4 is 14.8 Å². The van der Waals surface area contributed by atoms with Crippen LogP contribution in [0, 0.1) is 0 Å². The molecule has 36 heavy (non-hydrogen) atoms. The molecule has 5 rings (SSSR count). The third-order valence-electron chi connectivity index (χ3n) is 7.06. The number of esters is 1. The van der Waals surface area contributed by atoms with E-state index in [0.29, 0.717) is 17.9 Å². The molecule has 4 aromatic carbocycles. The molecule has 0 radical (unpaired) electrons. The first kappa shape index (κ1) is 23.9. The average Bonchev–Trinajstić information content (AvgIpc) is 2.94. The molecule has 1 aliphatic heterocycles. The Morgan fingerprint density at radius 1 is 0.972 bits per heavy atom. The first-order valence-electron chi connectivity index (χ1n) is 12.3. The fraction of sp³-hybridized carbons (Fsp3) is 0.258. The van der Waals surface area contributed by atoms with Crippen LogP contribution in [0.25, 0.3) is 10.8 Å². The fourth-order valence-corrected chi connectivity index (χ4v) is 5.20. The monoisotopic (exact) mass is 481 g/mol. The molecule has 184 valence electrons. The first-order valence-corrected chi connectivity index (χ1v) is 12.3. The van der Waals surface area contributed by atoms with Gasteiger partial charge in [0.05, 0.1) is 19.8 Å². The molecule has 1 aliphatic rings. The Hall–Kier alpha value is -3.83. The quantitative estimate of drug-likeness (QED) is 0.315. The molecule has 0 spiro atoms. The van der Waals surface area contributed by atoms with Gasteiger partial charge in [-0.25, -0.2) is 4.79 Å². The van der Waals surface area contributed by atoms with Crippen LogP contribution in [0.15, 0.2) is 84.9 Å². The van der Waals surface area contributed by atoms with Crippen molar-refractivity contribution in [1.82, 2.24) is 5.32 Å². The largest absolute Gasteiger partial charge is 0.496 e. The number of methoxy groups -OCH3 is 2. The number of hydrogen-bond donors (Lipinski definition) is 1. The summed E-state index contributed by atoms with van der Waals surface area (Å²) in [6, 6.07) is 28.8. The first-order chi connectivity index (χ1) is 17.6. The molecule has 3 atom stereocenters. The van der Waals surface area contributed by atoms with Crippen LogP contribution in [0.3, 0.4) is 0 Å². The van der Waals surface area contributed by atoms with Crippen molar-refractivity contribution in [1.29, 1.82) is 0 Å². The van der Waals surface area contributed by atoms with E-state index in [2.05, 4.69) is 60.8 Å². The fourth-order valence-electron chi connectivity index (χ4n) is 5.20. The predicted octanol–water partition coefficient (Wildman–Crippen LogP) is 6.27. The molecule has 5 nitrogen and oxygen atoms in total. The van der Waals surface area contributed by atoms with E-state index in [0.717, 1.165) is 23.3 Å². The summed E-state index contributed by atoms with van der Waals surface area (Å²) >= 11 is 0. The summed E-state index contributed by atoms with van der Waals surface area (Å²) in [4.78, 5) is 12.1. The summed E-state index contributed by atoms with van der Waals surface area (Å²) in [5.41, 5.74) is 3.91. The highest BCUT2D eigenvalue weighted by Crippen LogP contribution is 2.43. The van der Waals surface area contributed by atoms with Crippen molar-refractivity contribution in [2.75, 3.05) is 20.8 Å². The van der Waals surface area contributed by atoms with Crippen molar-refractivity contribution in [3.05, 3.63) is 107 Å². The minimum Gasteiger partial charge on any atom is -0.496 e. The molecule has 0 saturated carbocycles. The van der Waals surface area contributed by atoms with Gasteiger partial charge in [-0.05, 0) is 47.9 Å². The third kappa shape index (κ3) is 4.67. The van der Waals surface area contributed by atoms with Crippen LogP contribution in [0.2, 0.25) is 0 Å². The Balaban J connectivity index is 1.39. The summed E-state index contributed by atoms with van der Waals surface area (Å²) in [5, 5.41) is 6.22. The van der Waals surface area contributed by atoms with Gasteiger partial charge in [0.1, 0.15) is 17.6 Å². The van der Waals surface area contributed by atoms with Gasteiger partial charge in [-0.15, -0.1) is 0 Å². The van der Waals surface area contributed by atoms with E-state index in [-0.39, 0.29) is 24.0 Å². The van der Waals surface area contributed by atoms with Crippen molar-refractivity contribution < 1.29 is 19.0 Å². The molecule has 0 bridgehead atoms. The Morgan fingerprint density at radius 3 is 2.58 bits per heavy atom. The molecule has 0 aromatic heterocycles. The van der Waals surface area contributed by atoms with Gasteiger partial charge in [0.15, 0.2) is 0 Å². The molecule has 1 N–H and O–H groups in total. The molecule has 1 heterocycles. The highest BCUT2D eigenvalue weighted by molar-refractivity contribution is 5.90. The zero-order valence-electron chi connectivity index (χ0n) is 20.9. The average molecular weight is 482 g/mol. The molecular formula is C31H31NO4. The summed E-state index contributed by atoms with van der Waals surface area (Å²) < 4.78 is 17.0. The second-order valence-corrected chi connectivity index (χ2v) is 9.21. The van der Waals surface area contributed by atoms with Crippen LogP contribution in [0.4, 0.5) is 0 Å². The van der Waals surface area contributed by atoms with Gasteiger partial charge in [0, 0.05) is 29.6 Å². The standard InChI is InChI=1S/C31H31NO4/c1-20(24-13-8-10-21-9-4-5-11-25(21)24)32-19-23-18-28(26-12-6-7-14-29(26)36-23)27-16-15-22(31(33)35-3)17-30(27)34-2/h4-17,20,23,28,32H,18-19H2,1-3H3/t20-,23-,28+/m1/s1. The Kier molecular flexibility index (Phi) is 6.92. The Labute approximate surface area is 212 Å². The summed E-state index contributed by atoms with van der Waals surface area (Å²) in [6.07, 6.45) is 0.771. The van der Waals surface area contributed by atoms with Crippen molar-refractivity contribution in [2.45, 2.75) is 31.4 Å². The lowest BCUT2D eigenvalue weighted by Gasteiger charge is -2.34. The second-order valence-electron chi connectivity index (χ2n) is 9.21. The number of ether oxygens (including phenoxy) is 3. The van der Waals surface area contributed by atoms with Crippen molar-refractivity contribution in [2.24, 2.45) is 0 Å².